The zero-order chi connectivity index (χ0) is 12.3. The lowest BCUT2D eigenvalue weighted by molar-refractivity contribution is 0.0469. The number of aliphatic hydroxyl groups excluding tert-OH is 1. The van der Waals surface area contributed by atoms with Gasteiger partial charge in [0, 0.05) is 19.6 Å². The van der Waals surface area contributed by atoms with Crippen LogP contribution in [0.4, 0.5) is 0 Å². The standard InChI is InChI=1S/C10H17N5O2/c11-3-5-15-7-9(12-13-15)10(17)14-4-1-2-8(16)6-14/h7-8,16H,1-6,11H2/t8-/m0/s1. The highest BCUT2D eigenvalue weighted by molar-refractivity contribution is 5.92. The van der Waals surface area contributed by atoms with Gasteiger partial charge in [0.25, 0.3) is 5.91 Å². The molecule has 2 heterocycles. The summed E-state index contributed by atoms with van der Waals surface area (Å²) in [6, 6.07) is 0. The molecule has 3 N–H and O–H groups in total. The van der Waals surface area contributed by atoms with Crippen molar-refractivity contribution in [2.75, 3.05) is 19.6 Å². The highest BCUT2D eigenvalue weighted by Gasteiger charge is 2.24. The first-order valence-corrected chi connectivity index (χ1v) is 5.78. The predicted octanol–water partition coefficient (Wildman–Crippen LogP) is -1.17. The largest absolute Gasteiger partial charge is 0.391 e. The van der Waals surface area contributed by atoms with Crippen LogP contribution in [0.3, 0.4) is 0 Å². The van der Waals surface area contributed by atoms with Gasteiger partial charge < -0.3 is 15.7 Å². The van der Waals surface area contributed by atoms with Gasteiger partial charge >= 0.3 is 0 Å². The second-order valence-electron chi connectivity index (χ2n) is 4.20. The third kappa shape index (κ3) is 2.80. The van der Waals surface area contributed by atoms with Crippen LogP contribution in [0, 0.1) is 0 Å². The lowest BCUT2D eigenvalue weighted by atomic mass is 10.1. The predicted molar refractivity (Wildman–Crippen MR) is 60.2 cm³/mol. The van der Waals surface area contributed by atoms with Crippen molar-refractivity contribution in [2.45, 2.75) is 25.5 Å². The first-order chi connectivity index (χ1) is 8.20. The minimum Gasteiger partial charge on any atom is -0.391 e. The fourth-order valence-corrected chi connectivity index (χ4v) is 1.94. The van der Waals surface area contributed by atoms with Gasteiger partial charge in [0.2, 0.25) is 0 Å². The van der Waals surface area contributed by atoms with Gasteiger partial charge in [-0.3, -0.25) is 9.48 Å². The number of rotatable bonds is 3. The van der Waals surface area contributed by atoms with E-state index in [1.165, 1.54) is 0 Å². The SMILES string of the molecule is NCCn1cc(C(=O)N2CCC[C@H](O)C2)nn1. The van der Waals surface area contributed by atoms with Crippen LogP contribution in [0.25, 0.3) is 0 Å². The maximum Gasteiger partial charge on any atom is 0.276 e. The number of aliphatic hydroxyl groups is 1. The molecule has 0 radical (unpaired) electrons. The van der Waals surface area contributed by atoms with Crippen molar-refractivity contribution < 1.29 is 9.90 Å². The molecule has 17 heavy (non-hydrogen) atoms. The van der Waals surface area contributed by atoms with E-state index >= 15 is 0 Å². The average molecular weight is 239 g/mol. The van der Waals surface area contributed by atoms with Crippen LogP contribution in [0.1, 0.15) is 23.3 Å². The first-order valence-electron chi connectivity index (χ1n) is 5.78. The molecule has 1 aliphatic rings. The van der Waals surface area contributed by atoms with E-state index in [9.17, 15) is 9.90 Å². The Hall–Kier alpha value is -1.47. The van der Waals surface area contributed by atoms with E-state index in [2.05, 4.69) is 10.3 Å². The highest BCUT2D eigenvalue weighted by atomic mass is 16.3. The van der Waals surface area contributed by atoms with Crippen LogP contribution in [-0.2, 0) is 6.54 Å². The molecular formula is C10H17N5O2. The van der Waals surface area contributed by atoms with Crippen LogP contribution in [0.5, 0.6) is 0 Å². The third-order valence-corrected chi connectivity index (χ3v) is 2.80. The number of aromatic nitrogens is 3. The Bertz CT molecular complexity index is 392. The van der Waals surface area contributed by atoms with E-state index < -0.39 is 6.10 Å². The molecule has 1 aromatic rings. The van der Waals surface area contributed by atoms with Crippen molar-refractivity contribution in [1.29, 1.82) is 0 Å². The summed E-state index contributed by atoms with van der Waals surface area (Å²) in [5.74, 6) is -0.174. The molecule has 7 nitrogen and oxygen atoms in total. The summed E-state index contributed by atoms with van der Waals surface area (Å²) in [6.07, 6.45) is 2.75. The molecule has 1 amide bonds. The Kier molecular flexibility index (Phi) is 3.70. The van der Waals surface area contributed by atoms with Crippen LogP contribution >= 0.6 is 0 Å². The number of amides is 1. The maximum absolute atomic E-state index is 12.0. The number of nitrogens with two attached hydrogens (primary N) is 1. The molecule has 0 saturated carbocycles. The topological polar surface area (TPSA) is 97.3 Å². The van der Waals surface area contributed by atoms with Crippen LogP contribution in [-0.4, -0.2) is 56.6 Å². The monoisotopic (exact) mass is 239 g/mol. The van der Waals surface area contributed by atoms with Crippen LogP contribution < -0.4 is 5.73 Å². The number of nitrogens with zero attached hydrogens (tertiary/aromatic N) is 4. The summed E-state index contributed by atoms with van der Waals surface area (Å²) in [5, 5.41) is 17.2. The van der Waals surface area contributed by atoms with Crippen LogP contribution in [0.2, 0.25) is 0 Å². The number of hydrogen-bond acceptors (Lipinski definition) is 5. The smallest absolute Gasteiger partial charge is 0.276 e. The molecule has 0 aliphatic carbocycles. The normalized spacial score (nSPS) is 20.6. The molecule has 0 bridgehead atoms. The number of carbonyl (C=O) groups is 1. The molecule has 0 aromatic carbocycles. The molecule has 1 aromatic heterocycles. The Balaban J connectivity index is 2.02. The highest BCUT2D eigenvalue weighted by Crippen LogP contribution is 2.12. The second-order valence-corrected chi connectivity index (χ2v) is 4.20. The number of carbonyl (C=O) groups excluding carboxylic acids is 1. The average Bonchev–Trinajstić information content (AvgIpc) is 2.77. The number of likely N-dealkylation sites (tertiary alicyclic amines) is 1. The van der Waals surface area contributed by atoms with Crippen molar-refractivity contribution in [1.82, 2.24) is 19.9 Å². The summed E-state index contributed by atoms with van der Waals surface area (Å²) < 4.78 is 1.55. The van der Waals surface area contributed by atoms with Gasteiger partial charge in [-0.25, -0.2) is 0 Å². The second kappa shape index (κ2) is 5.24. The maximum atomic E-state index is 12.0. The molecule has 94 valence electrons. The number of piperidine rings is 1. The van der Waals surface area contributed by atoms with Gasteiger partial charge in [-0.1, -0.05) is 5.21 Å². The van der Waals surface area contributed by atoms with Gasteiger partial charge in [-0.05, 0) is 12.8 Å². The van der Waals surface area contributed by atoms with Crippen molar-refractivity contribution in [3.8, 4) is 0 Å². The van der Waals surface area contributed by atoms with Crippen molar-refractivity contribution in [2.24, 2.45) is 5.73 Å². The summed E-state index contributed by atoms with van der Waals surface area (Å²) >= 11 is 0. The molecule has 1 fully saturated rings. The van der Waals surface area contributed by atoms with Gasteiger partial charge in [0.1, 0.15) is 0 Å². The molecular weight excluding hydrogens is 222 g/mol. The summed E-state index contributed by atoms with van der Waals surface area (Å²) in [5.41, 5.74) is 5.70. The number of β-amino-alcohol motifs (C(OH)–C–C–N with tert-alkyl or cyclic N) is 1. The molecule has 0 unspecified atom stereocenters. The lowest BCUT2D eigenvalue weighted by Gasteiger charge is -2.29. The Morgan fingerprint density at radius 3 is 3.18 bits per heavy atom. The zero-order valence-electron chi connectivity index (χ0n) is 9.62. The molecule has 7 heteroatoms. The summed E-state index contributed by atoms with van der Waals surface area (Å²) in [7, 11) is 0. The Morgan fingerprint density at radius 1 is 1.65 bits per heavy atom. The van der Waals surface area contributed by atoms with Crippen molar-refractivity contribution in [3.63, 3.8) is 0 Å². The Morgan fingerprint density at radius 2 is 2.47 bits per heavy atom. The van der Waals surface area contributed by atoms with E-state index in [0.29, 0.717) is 31.9 Å². The molecule has 1 atom stereocenters. The van der Waals surface area contributed by atoms with Crippen molar-refractivity contribution >= 4 is 5.91 Å². The van der Waals surface area contributed by atoms with Gasteiger partial charge in [0.15, 0.2) is 5.69 Å². The van der Waals surface area contributed by atoms with Gasteiger partial charge in [-0.15, -0.1) is 5.10 Å². The lowest BCUT2D eigenvalue weighted by Crippen LogP contribution is -2.42. The minimum atomic E-state index is -0.424. The van der Waals surface area contributed by atoms with E-state index in [1.54, 1.807) is 15.8 Å². The van der Waals surface area contributed by atoms with Gasteiger partial charge in [-0.2, -0.15) is 0 Å². The molecule has 1 aliphatic heterocycles. The van der Waals surface area contributed by atoms with E-state index in [-0.39, 0.29) is 5.91 Å². The van der Waals surface area contributed by atoms with E-state index in [4.69, 9.17) is 5.73 Å². The fourth-order valence-electron chi connectivity index (χ4n) is 1.94. The third-order valence-electron chi connectivity index (χ3n) is 2.80. The minimum absolute atomic E-state index is 0.174. The molecule has 2 rings (SSSR count). The van der Waals surface area contributed by atoms with Crippen molar-refractivity contribution in [3.05, 3.63) is 11.9 Å². The van der Waals surface area contributed by atoms with Crippen LogP contribution in [0.15, 0.2) is 6.20 Å². The zero-order valence-corrected chi connectivity index (χ0v) is 9.62. The number of hydrogen-bond donors (Lipinski definition) is 2. The van der Waals surface area contributed by atoms with E-state index in [1.807, 2.05) is 0 Å². The fraction of sp³-hybridized carbons (Fsp3) is 0.700. The molecule has 0 spiro atoms. The molecule has 1 saturated heterocycles. The summed E-state index contributed by atoms with van der Waals surface area (Å²) in [6.45, 7) is 2.05. The summed E-state index contributed by atoms with van der Waals surface area (Å²) in [4.78, 5) is 13.6. The Labute approximate surface area is 99.2 Å². The quantitative estimate of drug-likeness (QED) is 0.693. The van der Waals surface area contributed by atoms with E-state index in [0.717, 1.165) is 12.8 Å². The first kappa shape index (κ1) is 12.0. The van der Waals surface area contributed by atoms with Gasteiger partial charge in [0.05, 0.1) is 18.8 Å².